The highest BCUT2D eigenvalue weighted by atomic mass is 16.5. The number of hydrogen-bond acceptors (Lipinski definition) is 2. The summed E-state index contributed by atoms with van der Waals surface area (Å²) in [5.74, 6) is -0.122. The summed E-state index contributed by atoms with van der Waals surface area (Å²) >= 11 is 0. The van der Waals surface area contributed by atoms with Gasteiger partial charge in [-0.1, -0.05) is 110 Å². The molecule has 0 rings (SSSR count). The Morgan fingerprint density at radius 1 is 0.654 bits per heavy atom. The predicted octanol–water partition coefficient (Wildman–Crippen LogP) is 8.15. The summed E-state index contributed by atoms with van der Waals surface area (Å²) < 4.78 is 5.33. The van der Waals surface area contributed by atoms with E-state index in [1.165, 1.54) is 96.3 Å². The van der Waals surface area contributed by atoms with E-state index in [0.717, 1.165) is 18.4 Å². The Morgan fingerprint density at radius 3 is 1.58 bits per heavy atom. The minimum absolute atomic E-state index is 0.122. The van der Waals surface area contributed by atoms with Crippen molar-refractivity contribution in [3.05, 3.63) is 11.6 Å². The highest BCUT2D eigenvalue weighted by molar-refractivity contribution is 5.87. The van der Waals surface area contributed by atoms with Crippen molar-refractivity contribution in [2.75, 3.05) is 6.61 Å². The van der Waals surface area contributed by atoms with Gasteiger partial charge in [-0.2, -0.15) is 0 Å². The molecule has 0 saturated heterocycles. The van der Waals surface area contributed by atoms with Gasteiger partial charge in [0.1, 0.15) is 0 Å². The molecule has 0 spiro atoms. The second-order valence-corrected chi connectivity index (χ2v) is 7.76. The van der Waals surface area contributed by atoms with Crippen molar-refractivity contribution in [2.24, 2.45) is 0 Å². The molecule has 26 heavy (non-hydrogen) atoms. The average molecular weight is 367 g/mol. The van der Waals surface area contributed by atoms with Crippen LogP contribution in [0, 0.1) is 0 Å². The lowest BCUT2D eigenvalue weighted by Gasteiger charge is -2.05. The van der Waals surface area contributed by atoms with Gasteiger partial charge in [0.25, 0.3) is 0 Å². The molecule has 0 unspecified atom stereocenters. The Balaban J connectivity index is 3.41. The molecule has 0 saturated carbocycles. The number of carbonyl (C=O) groups excluding carboxylic acids is 1. The lowest BCUT2D eigenvalue weighted by Crippen LogP contribution is -2.07. The van der Waals surface area contributed by atoms with Gasteiger partial charge < -0.3 is 4.74 Å². The predicted molar refractivity (Wildman–Crippen MR) is 115 cm³/mol. The molecular formula is C24H46O2. The van der Waals surface area contributed by atoms with Crippen LogP contribution in [0.4, 0.5) is 0 Å². The summed E-state index contributed by atoms with van der Waals surface area (Å²) in [5.41, 5.74) is 0.783. The first-order valence-electron chi connectivity index (χ1n) is 11.6. The zero-order chi connectivity index (χ0) is 19.3. The van der Waals surface area contributed by atoms with Gasteiger partial charge in [-0.15, -0.1) is 0 Å². The Bertz CT molecular complexity index is 333. The molecule has 0 aromatic rings. The van der Waals surface area contributed by atoms with Crippen LogP contribution in [-0.4, -0.2) is 12.6 Å². The van der Waals surface area contributed by atoms with Gasteiger partial charge in [0.05, 0.1) is 6.61 Å². The Kier molecular flexibility index (Phi) is 19.9. The fourth-order valence-corrected chi connectivity index (χ4v) is 3.19. The zero-order valence-electron chi connectivity index (χ0n) is 18.1. The van der Waals surface area contributed by atoms with Gasteiger partial charge in [0.2, 0.25) is 0 Å². The third-order valence-corrected chi connectivity index (χ3v) is 5.06. The number of ether oxygens (including phenoxy) is 1. The van der Waals surface area contributed by atoms with Crippen LogP contribution in [0.1, 0.15) is 130 Å². The molecule has 0 heterocycles. The largest absolute Gasteiger partial charge is 0.462 e. The molecule has 0 bridgehead atoms. The molecule has 0 aliphatic heterocycles. The zero-order valence-corrected chi connectivity index (χ0v) is 18.1. The molecule has 0 amide bonds. The minimum atomic E-state index is -0.122. The lowest BCUT2D eigenvalue weighted by atomic mass is 10.0. The number of hydrogen-bond donors (Lipinski definition) is 0. The number of unbranched alkanes of at least 4 members (excludes halogenated alkanes) is 15. The van der Waals surface area contributed by atoms with Crippen LogP contribution >= 0.6 is 0 Å². The highest BCUT2D eigenvalue weighted by Crippen LogP contribution is 2.12. The second-order valence-electron chi connectivity index (χ2n) is 7.76. The molecule has 2 nitrogen and oxygen atoms in total. The van der Waals surface area contributed by atoms with E-state index in [9.17, 15) is 4.79 Å². The quantitative estimate of drug-likeness (QED) is 0.131. The summed E-state index contributed by atoms with van der Waals surface area (Å²) in [5, 5.41) is 0. The van der Waals surface area contributed by atoms with Gasteiger partial charge in [0, 0.05) is 5.57 Å². The molecule has 0 aliphatic carbocycles. The van der Waals surface area contributed by atoms with E-state index in [1.54, 1.807) is 0 Å². The SMILES string of the molecule is CCCCCCCCCCCCCC=C(C)C(=O)OCCCCCCC. The van der Waals surface area contributed by atoms with Gasteiger partial charge in [0.15, 0.2) is 0 Å². The first kappa shape index (κ1) is 25.2. The Hall–Kier alpha value is -0.790. The van der Waals surface area contributed by atoms with Gasteiger partial charge >= 0.3 is 5.97 Å². The van der Waals surface area contributed by atoms with Crippen LogP contribution in [-0.2, 0) is 9.53 Å². The normalized spacial score (nSPS) is 11.7. The summed E-state index contributed by atoms with van der Waals surface area (Å²) in [6.07, 6.45) is 24.0. The topological polar surface area (TPSA) is 26.3 Å². The van der Waals surface area contributed by atoms with Crippen molar-refractivity contribution in [1.29, 1.82) is 0 Å². The van der Waals surface area contributed by atoms with E-state index in [-0.39, 0.29) is 5.97 Å². The standard InChI is InChI=1S/C24H46O2/c1-4-6-8-10-11-12-13-14-15-16-17-19-21-23(3)24(25)26-22-20-18-9-7-5-2/h21H,4-20,22H2,1-3H3. The second kappa shape index (κ2) is 20.5. The molecule has 0 aliphatic rings. The number of allylic oxidation sites excluding steroid dienone is 1. The van der Waals surface area contributed by atoms with Crippen molar-refractivity contribution in [3.63, 3.8) is 0 Å². The fourth-order valence-electron chi connectivity index (χ4n) is 3.19. The molecule has 0 atom stereocenters. The van der Waals surface area contributed by atoms with Crippen molar-refractivity contribution in [1.82, 2.24) is 0 Å². The van der Waals surface area contributed by atoms with E-state index in [1.807, 2.05) is 6.92 Å². The van der Waals surface area contributed by atoms with Crippen molar-refractivity contribution in [3.8, 4) is 0 Å². The van der Waals surface area contributed by atoms with Crippen LogP contribution in [0.2, 0.25) is 0 Å². The summed E-state index contributed by atoms with van der Waals surface area (Å²) in [6.45, 7) is 6.95. The Morgan fingerprint density at radius 2 is 1.08 bits per heavy atom. The smallest absolute Gasteiger partial charge is 0.333 e. The van der Waals surface area contributed by atoms with Crippen LogP contribution in [0.25, 0.3) is 0 Å². The molecule has 0 radical (unpaired) electrons. The number of esters is 1. The third kappa shape index (κ3) is 18.0. The maximum Gasteiger partial charge on any atom is 0.333 e. The average Bonchev–Trinajstić information content (AvgIpc) is 2.65. The molecule has 0 fully saturated rings. The highest BCUT2D eigenvalue weighted by Gasteiger charge is 2.04. The first-order valence-corrected chi connectivity index (χ1v) is 11.6. The summed E-state index contributed by atoms with van der Waals surface area (Å²) in [6, 6.07) is 0. The summed E-state index contributed by atoms with van der Waals surface area (Å²) in [4.78, 5) is 11.9. The van der Waals surface area contributed by atoms with E-state index in [2.05, 4.69) is 19.9 Å². The number of carbonyl (C=O) groups is 1. The molecule has 0 aromatic carbocycles. The van der Waals surface area contributed by atoms with E-state index in [4.69, 9.17) is 4.74 Å². The van der Waals surface area contributed by atoms with Crippen LogP contribution in [0.5, 0.6) is 0 Å². The van der Waals surface area contributed by atoms with Crippen molar-refractivity contribution < 1.29 is 9.53 Å². The first-order chi connectivity index (χ1) is 12.7. The third-order valence-electron chi connectivity index (χ3n) is 5.06. The van der Waals surface area contributed by atoms with E-state index >= 15 is 0 Å². The molecule has 2 heteroatoms. The maximum absolute atomic E-state index is 11.9. The van der Waals surface area contributed by atoms with Gasteiger partial charge in [-0.25, -0.2) is 4.79 Å². The summed E-state index contributed by atoms with van der Waals surface area (Å²) in [7, 11) is 0. The Labute approximate surface area is 164 Å². The number of rotatable bonds is 19. The fraction of sp³-hybridized carbons (Fsp3) is 0.875. The van der Waals surface area contributed by atoms with Crippen LogP contribution < -0.4 is 0 Å². The molecule has 0 N–H and O–H groups in total. The molecule has 154 valence electrons. The van der Waals surface area contributed by atoms with Gasteiger partial charge in [-0.3, -0.25) is 0 Å². The monoisotopic (exact) mass is 366 g/mol. The van der Waals surface area contributed by atoms with Crippen molar-refractivity contribution in [2.45, 2.75) is 130 Å². The minimum Gasteiger partial charge on any atom is -0.462 e. The molecular weight excluding hydrogens is 320 g/mol. The van der Waals surface area contributed by atoms with E-state index in [0.29, 0.717) is 6.61 Å². The van der Waals surface area contributed by atoms with Crippen LogP contribution in [0.3, 0.4) is 0 Å². The van der Waals surface area contributed by atoms with E-state index < -0.39 is 0 Å². The van der Waals surface area contributed by atoms with Crippen molar-refractivity contribution >= 4 is 5.97 Å². The van der Waals surface area contributed by atoms with Crippen LogP contribution in [0.15, 0.2) is 11.6 Å². The maximum atomic E-state index is 11.9. The van der Waals surface area contributed by atoms with Gasteiger partial charge in [-0.05, 0) is 26.2 Å². The molecule has 0 aromatic heterocycles. The lowest BCUT2D eigenvalue weighted by molar-refractivity contribution is -0.139.